The van der Waals surface area contributed by atoms with Crippen molar-refractivity contribution in [1.82, 2.24) is 4.98 Å². The molecule has 3 rings (SSSR count). The number of nitrogens with two attached hydrogens (primary N) is 1. The first kappa shape index (κ1) is 12.7. The zero-order valence-corrected chi connectivity index (χ0v) is 11.7. The maximum atomic E-state index is 11.3. The second-order valence-electron chi connectivity index (χ2n) is 4.49. The number of amides is 1. The van der Waals surface area contributed by atoms with Crippen molar-refractivity contribution in [2.24, 2.45) is 0 Å². The van der Waals surface area contributed by atoms with E-state index < -0.39 is 0 Å². The first-order valence-corrected chi connectivity index (χ1v) is 7.00. The number of carbonyl (C=O) groups excluding carboxylic acids is 1. The third kappa shape index (κ3) is 2.39. The topological polar surface area (TPSA) is 89.3 Å². The smallest absolute Gasteiger partial charge is 0.262 e. The fourth-order valence-corrected chi connectivity index (χ4v) is 2.68. The largest absolute Gasteiger partial charge is 0.482 e. The molecule has 1 aliphatic rings. The quantitative estimate of drug-likeness (QED) is 0.752. The van der Waals surface area contributed by atoms with Crippen LogP contribution in [-0.2, 0) is 11.3 Å². The second-order valence-corrected chi connectivity index (χ2v) is 5.43. The Hall–Kier alpha value is -2.28. The molecule has 1 aromatic heterocycles. The minimum Gasteiger partial charge on any atom is -0.482 e. The average molecular weight is 290 g/mol. The van der Waals surface area contributed by atoms with Gasteiger partial charge in [0.05, 0.1) is 34.8 Å². The van der Waals surface area contributed by atoms with E-state index in [-0.39, 0.29) is 12.5 Å². The standard InChI is InChI=1S/C13H14N4O2S/c1-7-12(20-6-16-7)4-15-9-3-10-11(2-8(9)14)19-5-13(18)17-10/h2-3,6,15H,4-5,14H2,1H3,(H,17,18). The summed E-state index contributed by atoms with van der Waals surface area (Å²) in [4.78, 5) is 16.7. The number of nitrogen functional groups attached to an aromatic ring is 1. The van der Waals surface area contributed by atoms with Crippen LogP contribution in [0.4, 0.5) is 17.1 Å². The van der Waals surface area contributed by atoms with E-state index in [0.717, 1.165) is 16.3 Å². The van der Waals surface area contributed by atoms with Crippen LogP contribution >= 0.6 is 11.3 Å². The number of ether oxygens (including phenoxy) is 1. The zero-order valence-electron chi connectivity index (χ0n) is 10.9. The number of aryl methyl sites for hydroxylation is 1. The Bertz CT molecular complexity index is 668. The van der Waals surface area contributed by atoms with Crippen LogP contribution in [0.25, 0.3) is 0 Å². The van der Waals surface area contributed by atoms with Gasteiger partial charge in [0, 0.05) is 10.9 Å². The lowest BCUT2D eigenvalue weighted by Crippen LogP contribution is -2.25. The van der Waals surface area contributed by atoms with Crippen molar-refractivity contribution in [1.29, 1.82) is 0 Å². The van der Waals surface area contributed by atoms with Crippen LogP contribution in [0.1, 0.15) is 10.6 Å². The fourth-order valence-electron chi connectivity index (χ4n) is 1.97. The van der Waals surface area contributed by atoms with Gasteiger partial charge in [0.25, 0.3) is 5.91 Å². The lowest BCUT2D eigenvalue weighted by Gasteiger charge is -2.20. The van der Waals surface area contributed by atoms with Gasteiger partial charge in [-0.2, -0.15) is 0 Å². The monoisotopic (exact) mass is 290 g/mol. The molecule has 2 heterocycles. The Morgan fingerprint density at radius 3 is 3.15 bits per heavy atom. The highest BCUT2D eigenvalue weighted by Gasteiger charge is 2.17. The van der Waals surface area contributed by atoms with E-state index in [1.807, 2.05) is 12.4 Å². The van der Waals surface area contributed by atoms with Gasteiger partial charge in [-0.25, -0.2) is 4.98 Å². The first-order chi connectivity index (χ1) is 9.63. The fraction of sp³-hybridized carbons (Fsp3) is 0.231. The summed E-state index contributed by atoms with van der Waals surface area (Å²) in [5.74, 6) is 0.438. The number of nitrogens with one attached hydrogen (secondary N) is 2. The molecule has 1 aromatic carbocycles. The summed E-state index contributed by atoms with van der Waals surface area (Å²) in [5, 5.41) is 6.02. The van der Waals surface area contributed by atoms with Crippen molar-refractivity contribution in [3.63, 3.8) is 0 Å². The molecular weight excluding hydrogens is 276 g/mol. The minimum absolute atomic E-state index is 0.0271. The SMILES string of the molecule is Cc1ncsc1CNc1cc2c(cc1N)OCC(=O)N2. The van der Waals surface area contributed by atoms with Gasteiger partial charge in [0.1, 0.15) is 5.75 Å². The van der Waals surface area contributed by atoms with Crippen LogP contribution in [0, 0.1) is 6.92 Å². The summed E-state index contributed by atoms with van der Waals surface area (Å²) in [7, 11) is 0. The molecule has 0 bridgehead atoms. The van der Waals surface area contributed by atoms with E-state index in [2.05, 4.69) is 15.6 Å². The maximum absolute atomic E-state index is 11.3. The van der Waals surface area contributed by atoms with Gasteiger partial charge in [-0.1, -0.05) is 0 Å². The molecule has 6 nitrogen and oxygen atoms in total. The van der Waals surface area contributed by atoms with Crippen molar-refractivity contribution in [3.8, 4) is 5.75 Å². The molecule has 1 aliphatic heterocycles. The average Bonchev–Trinajstić information content (AvgIpc) is 2.82. The van der Waals surface area contributed by atoms with E-state index in [1.165, 1.54) is 0 Å². The van der Waals surface area contributed by atoms with Gasteiger partial charge < -0.3 is 21.1 Å². The van der Waals surface area contributed by atoms with Crippen molar-refractivity contribution < 1.29 is 9.53 Å². The lowest BCUT2D eigenvalue weighted by molar-refractivity contribution is -0.118. The number of hydrogen-bond donors (Lipinski definition) is 3. The second kappa shape index (κ2) is 5.01. The van der Waals surface area contributed by atoms with Gasteiger partial charge in [0.15, 0.2) is 6.61 Å². The molecule has 0 spiro atoms. The Balaban J connectivity index is 1.81. The van der Waals surface area contributed by atoms with Gasteiger partial charge in [-0.05, 0) is 13.0 Å². The summed E-state index contributed by atoms with van der Waals surface area (Å²) in [5.41, 5.74) is 10.8. The third-order valence-electron chi connectivity index (χ3n) is 3.07. The van der Waals surface area contributed by atoms with Crippen LogP contribution in [0.3, 0.4) is 0 Å². The Morgan fingerprint density at radius 2 is 2.40 bits per heavy atom. The molecule has 0 saturated carbocycles. The number of fused-ring (bicyclic) bond motifs is 1. The van der Waals surface area contributed by atoms with Gasteiger partial charge in [-0.15, -0.1) is 11.3 Å². The van der Waals surface area contributed by atoms with Gasteiger partial charge >= 0.3 is 0 Å². The van der Waals surface area contributed by atoms with Crippen LogP contribution in [0.2, 0.25) is 0 Å². The molecular formula is C13H14N4O2S. The zero-order chi connectivity index (χ0) is 14.1. The molecule has 0 unspecified atom stereocenters. The molecule has 4 N–H and O–H groups in total. The van der Waals surface area contributed by atoms with E-state index in [9.17, 15) is 4.79 Å². The number of hydrogen-bond acceptors (Lipinski definition) is 6. The lowest BCUT2D eigenvalue weighted by atomic mass is 10.2. The third-order valence-corrected chi connectivity index (χ3v) is 4.00. The Kier molecular flexibility index (Phi) is 3.19. The number of anilines is 3. The molecule has 0 atom stereocenters. The predicted molar refractivity (Wildman–Crippen MR) is 79.2 cm³/mol. The van der Waals surface area contributed by atoms with Gasteiger partial charge in [-0.3, -0.25) is 4.79 Å². The highest BCUT2D eigenvalue weighted by Crippen LogP contribution is 2.35. The molecule has 104 valence electrons. The highest BCUT2D eigenvalue weighted by atomic mass is 32.1. The van der Waals surface area contributed by atoms with Crippen LogP contribution in [-0.4, -0.2) is 17.5 Å². The van der Waals surface area contributed by atoms with Crippen molar-refractivity contribution in [2.75, 3.05) is 23.0 Å². The summed E-state index contributed by atoms with van der Waals surface area (Å²) >= 11 is 1.59. The van der Waals surface area contributed by atoms with Crippen LogP contribution in [0.5, 0.6) is 5.75 Å². The number of rotatable bonds is 3. The molecule has 1 amide bonds. The van der Waals surface area contributed by atoms with Crippen molar-refractivity contribution >= 4 is 34.3 Å². The highest BCUT2D eigenvalue weighted by molar-refractivity contribution is 7.09. The van der Waals surface area contributed by atoms with E-state index in [4.69, 9.17) is 10.5 Å². The Morgan fingerprint density at radius 1 is 1.55 bits per heavy atom. The maximum Gasteiger partial charge on any atom is 0.262 e. The summed E-state index contributed by atoms with van der Waals surface area (Å²) in [6.45, 7) is 2.64. The van der Waals surface area contributed by atoms with E-state index >= 15 is 0 Å². The first-order valence-electron chi connectivity index (χ1n) is 6.12. The van der Waals surface area contributed by atoms with Crippen molar-refractivity contribution in [3.05, 3.63) is 28.2 Å². The number of benzene rings is 1. The molecule has 2 aromatic rings. The van der Waals surface area contributed by atoms with Gasteiger partial charge in [0.2, 0.25) is 0 Å². The molecule has 20 heavy (non-hydrogen) atoms. The van der Waals surface area contributed by atoms with E-state index in [1.54, 1.807) is 23.5 Å². The normalized spacial score (nSPS) is 13.3. The Labute approximate surface area is 120 Å². The number of nitrogens with zero attached hydrogens (tertiary/aromatic N) is 1. The number of carbonyl (C=O) groups is 1. The minimum atomic E-state index is -0.161. The predicted octanol–water partition coefficient (Wildman–Crippen LogP) is 1.98. The summed E-state index contributed by atoms with van der Waals surface area (Å²) < 4.78 is 5.31. The number of thiazole rings is 1. The van der Waals surface area contributed by atoms with E-state index in [0.29, 0.717) is 23.7 Å². The van der Waals surface area contributed by atoms with Crippen molar-refractivity contribution in [2.45, 2.75) is 13.5 Å². The van der Waals surface area contributed by atoms with Crippen LogP contribution in [0.15, 0.2) is 17.6 Å². The number of aromatic nitrogens is 1. The molecule has 0 aliphatic carbocycles. The summed E-state index contributed by atoms with van der Waals surface area (Å²) in [6, 6.07) is 3.51. The van der Waals surface area contributed by atoms with Crippen LogP contribution < -0.4 is 21.1 Å². The molecule has 7 heteroatoms. The molecule has 0 radical (unpaired) electrons. The molecule has 0 saturated heterocycles. The molecule has 0 fully saturated rings. The summed E-state index contributed by atoms with van der Waals surface area (Å²) in [6.07, 6.45) is 0.